The number of benzene rings is 2. The average Bonchev–Trinajstić information content (AvgIpc) is 3.05. The second kappa shape index (κ2) is 9.60. The zero-order valence-electron chi connectivity index (χ0n) is 17.6. The molecule has 2 aliphatic rings. The summed E-state index contributed by atoms with van der Waals surface area (Å²) in [5.74, 6) is -2.16. The van der Waals surface area contributed by atoms with Crippen LogP contribution in [0.5, 0.6) is 0 Å². The Labute approximate surface area is 186 Å². The normalized spacial score (nSPS) is 19.6. The van der Waals surface area contributed by atoms with Crippen molar-refractivity contribution < 1.29 is 19.2 Å². The minimum absolute atomic E-state index is 0.300. The van der Waals surface area contributed by atoms with Crippen molar-refractivity contribution in [2.24, 2.45) is 11.8 Å². The number of hydrogen-bond donors (Lipinski definition) is 2. The Bertz CT molecular complexity index is 1040. The van der Waals surface area contributed by atoms with Gasteiger partial charge in [-0.1, -0.05) is 54.6 Å². The first-order chi connectivity index (χ1) is 15.5. The first-order valence-electron chi connectivity index (χ1n) is 10.8. The average molecular weight is 431 g/mol. The lowest BCUT2D eigenvalue weighted by Gasteiger charge is -2.16. The third-order valence-electron chi connectivity index (χ3n) is 5.89. The maximum atomic E-state index is 12.7. The zero-order chi connectivity index (χ0) is 22.5. The molecule has 4 rings (SSSR count). The number of amides is 4. The molecule has 164 valence electrons. The SMILES string of the molecule is O=C(CN1C(=O)C2CC=CCC2C1=O)Nc1ccccc1C(=O)NCCc1ccccc1. The molecule has 1 aliphatic heterocycles. The van der Waals surface area contributed by atoms with E-state index in [-0.39, 0.29) is 36.1 Å². The fourth-order valence-electron chi connectivity index (χ4n) is 4.21. The summed E-state index contributed by atoms with van der Waals surface area (Å²) in [7, 11) is 0. The summed E-state index contributed by atoms with van der Waals surface area (Å²) >= 11 is 0. The molecular formula is C25H25N3O4. The highest BCUT2D eigenvalue weighted by Gasteiger charge is 2.47. The number of carbonyl (C=O) groups is 4. The number of nitrogens with one attached hydrogen (secondary N) is 2. The van der Waals surface area contributed by atoms with Crippen LogP contribution in [-0.4, -0.2) is 41.6 Å². The minimum Gasteiger partial charge on any atom is -0.352 e. The number of carbonyl (C=O) groups excluding carboxylic acids is 4. The Balaban J connectivity index is 1.36. The Hall–Kier alpha value is -3.74. The van der Waals surface area contributed by atoms with Crippen LogP contribution in [-0.2, 0) is 20.8 Å². The number of rotatable bonds is 7. The maximum Gasteiger partial charge on any atom is 0.253 e. The van der Waals surface area contributed by atoms with E-state index < -0.39 is 5.91 Å². The van der Waals surface area contributed by atoms with Gasteiger partial charge in [-0.05, 0) is 37.0 Å². The second-order valence-corrected chi connectivity index (χ2v) is 8.00. The highest BCUT2D eigenvalue weighted by atomic mass is 16.2. The van der Waals surface area contributed by atoms with E-state index in [4.69, 9.17) is 0 Å². The van der Waals surface area contributed by atoms with Crippen LogP contribution in [0.4, 0.5) is 5.69 Å². The third-order valence-corrected chi connectivity index (χ3v) is 5.89. The first kappa shape index (κ1) is 21.5. The standard InChI is InChI=1S/C25H25N3O4/c29-22(16-28-24(31)18-10-4-5-11-19(18)25(28)32)27-21-13-7-6-12-20(21)23(30)26-15-14-17-8-2-1-3-9-17/h1-9,12-13,18-19H,10-11,14-16H2,(H,26,30)(H,27,29). The molecular weight excluding hydrogens is 406 g/mol. The van der Waals surface area contributed by atoms with Gasteiger partial charge >= 0.3 is 0 Å². The number of imide groups is 1. The van der Waals surface area contributed by atoms with E-state index in [1.165, 1.54) is 0 Å². The molecule has 1 aliphatic carbocycles. The molecule has 7 heteroatoms. The molecule has 0 spiro atoms. The van der Waals surface area contributed by atoms with E-state index in [2.05, 4.69) is 10.6 Å². The number of hydrogen-bond acceptors (Lipinski definition) is 4. The molecule has 4 amide bonds. The van der Waals surface area contributed by atoms with Crippen LogP contribution in [0, 0.1) is 11.8 Å². The molecule has 1 saturated heterocycles. The summed E-state index contributed by atoms with van der Waals surface area (Å²) in [5.41, 5.74) is 1.78. The summed E-state index contributed by atoms with van der Waals surface area (Å²) in [5, 5.41) is 5.55. The van der Waals surface area contributed by atoms with E-state index >= 15 is 0 Å². The topological polar surface area (TPSA) is 95.6 Å². The lowest BCUT2D eigenvalue weighted by atomic mass is 9.85. The molecule has 2 aromatic rings. The fraction of sp³-hybridized carbons (Fsp3) is 0.280. The zero-order valence-corrected chi connectivity index (χ0v) is 17.6. The lowest BCUT2D eigenvalue weighted by Crippen LogP contribution is -2.38. The smallest absolute Gasteiger partial charge is 0.253 e. The number of allylic oxidation sites excluding steroid dienone is 2. The van der Waals surface area contributed by atoms with Crippen molar-refractivity contribution in [1.29, 1.82) is 0 Å². The van der Waals surface area contributed by atoms with Gasteiger partial charge in [-0.25, -0.2) is 0 Å². The van der Waals surface area contributed by atoms with Crippen LogP contribution in [0.1, 0.15) is 28.8 Å². The van der Waals surface area contributed by atoms with Gasteiger partial charge in [0, 0.05) is 6.54 Å². The Morgan fingerprint density at radius 3 is 2.19 bits per heavy atom. The summed E-state index contributed by atoms with van der Waals surface area (Å²) in [4.78, 5) is 51.5. The summed E-state index contributed by atoms with van der Waals surface area (Å²) in [6.45, 7) is 0.105. The third kappa shape index (κ3) is 4.61. The van der Waals surface area contributed by atoms with Gasteiger partial charge in [-0.2, -0.15) is 0 Å². The second-order valence-electron chi connectivity index (χ2n) is 8.00. The van der Waals surface area contributed by atoms with Gasteiger partial charge in [0.05, 0.1) is 23.1 Å². The van der Waals surface area contributed by atoms with E-state index in [1.807, 2.05) is 42.5 Å². The molecule has 2 N–H and O–H groups in total. The minimum atomic E-state index is -0.511. The molecule has 2 aromatic carbocycles. The van der Waals surface area contributed by atoms with Crippen LogP contribution in [0.15, 0.2) is 66.7 Å². The van der Waals surface area contributed by atoms with Crippen LogP contribution in [0.3, 0.4) is 0 Å². The van der Waals surface area contributed by atoms with E-state index in [9.17, 15) is 19.2 Å². The number of fused-ring (bicyclic) bond motifs is 1. The van der Waals surface area contributed by atoms with Gasteiger partial charge in [0.25, 0.3) is 5.91 Å². The summed E-state index contributed by atoms with van der Waals surface area (Å²) < 4.78 is 0. The molecule has 0 bridgehead atoms. The summed E-state index contributed by atoms with van der Waals surface area (Å²) in [6.07, 6.45) is 5.56. The van der Waals surface area contributed by atoms with Crippen molar-refractivity contribution in [2.75, 3.05) is 18.4 Å². The Morgan fingerprint density at radius 2 is 1.50 bits per heavy atom. The molecule has 7 nitrogen and oxygen atoms in total. The predicted molar refractivity (Wildman–Crippen MR) is 120 cm³/mol. The van der Waals surface area contributed by atoms with Gasteiger partial charge in [-0.3, -0.25) is 24.1 Å². The quantitative estimate of drug-likeness (QED) is 0.520. The number of para-hydroxylation sites is 1. The first-order valence-corrected chi connectivity index (χ1v) is 10.8. The molecule has 32 heavy (non-hydrogen) atoms. The predicted octanol–water partition coefficient (Wildman–Crippen LogP) is 2.55. The Kier molecular flexibility index (Phi) is 6.44. The molecule has 1 fully saturated rings. The van der Waals surface area contributed by atoms with Gasteiger partial charge < -0.3 is 10.6 Å². The number of nitrogens with zero attached hydrogens (tertiary/aromatic N) is 1. The van der Waals surface area contributed by atoms with Crippen molar-refractivity contribution in [3.63, 3.8) is 0 Å². The molecule has 0 saturated carbocycles. The molecule has 2 unspecified atom stereocenters. The van der Waals surface area contributed by atoms with Crippen LogP contribution in [0.2, 0.25) is 0 Å². The number of likely N-dealkylation sites (tertiary alicyclic amines) is 1. The van der Waals surface area contributed by atoms with E-state index in [0.29, 0.717) is 37.1 Å². The lowest BCUT2D eigenvalue weighted by molar-refractivity contribution is -0.142. The summed E-state index contributed by atoms with van der Waals surface area (Å²) in [6, 6.07) is 16.5. The Morgan fingerprint density at radius 1 is 0.875 bits per heavy atom. The van der Waals surface area contributed by atoms with Crippen molar-refractivity contribution in [2.45, 2.75) is 19.3 Å². The van der Waals surface area contributed by atoms with Crippen LogP contribution in [0.25, 0.3) is 0 Å². The molecule has 1 heterocycles. The largest absolute Gasteiger partial charge is 0.352 e. The van der Waals surface area contributed by atoms with Crippen molar-refractivity contribution in [1.82, 2.24) is 10.2 Å². The van der Waals surface area contributed by atoms with Gasteiger partial charge in [0.2, 0.25) is 17.7 Å². The molecule has 0 radical (unpaired) electrons. The van der Waals surface area contributed by atoms with E-state index in [0.717, 1.165) is 10.5 Å². The van der Waals surface area contributed by atoms with Crippen molar-refractivity contribution in [3.8, 4) is 0 Å². The van der Waals surface area contributed by atoms with Gasteiger partial charge in [-0.15, -0.1) is 0 Å². The van der Waals surface area contributed by atoms with Crippen LogP contribution >= 0.6 is 0 Å². The highest BCUT2D eigenvalue weighted by Crippen LogP contribution is 2.34. The number of anilines is 1. The van der Waals surface area contributed by atoms with Crippen molar-refractivity contribution >= 4 is 29.3 Å². The fourth-order valence-corrected chi connectivity index (χ4v) is 4.21. The molecule has 0 aromatic heterocycles. The van der Waals surface area contributed by atoms with E-state index in [1.54, 1.807) is 24.3 Å². The monoisotopic (exact) mass is 431 g/mol. The molecule has 2 atom stereocenters. The van der Waals surface area contributed by atoms with Gasteiger partial charge in [0.15, 0.2) is 0 Å². The van der Waals surface area contributed by atoms with Crippen molar-refractivity contribution in [3.05, 3.63) is 77.9 Å². The highest BCUT2D eigenvalue weighted by molar-refractivity contribution is 6.10. The van der Waals surface area contributed by atoms with Crippen LogP contribution < -0.4 is 10.6 Å². The van der Waals surface area contributed by atoms with Gasteiger partial charge in [0.1, 0.15) is 6.54 Å². The maximum absolute atomic E-state index is 12.7.